The summed E-state index contributed by atoms with van der Waals surface area (Å²) in [6.45, 7) is 2.91. The van der Waals surface area contributed by atoms with E-state index >= 15 is 0 Å². The number of anilines is 1. The molecule has 2 N–H and O–H groups in total. The quantitative estimate of drug-likeness (QED) is 0.788. The monoisotopic (exact) mass is 271 g/mol. The molecule has 2 aromatic heterocycles. The molecule has 1 unspecified atom stereocenters. The van der Waals surface area contributed by atoms with Gasteiger partial charge < -0.3 is 19.6 Å². The maximum atomic E-state index is 6.06. The van der Waals surface area contributed by atoms with Gasteiger partial charge in [0.15, 0.2) is 0 Å². The lowest BCUT2D eigenvalue weighted by molar-refractivity contribution is 0.415. The minimum absolute atomic E-state index is 0.183. The van der Waals surface area contributed by atoms with E-state index in [4.69, 9.17) is 10.5 Å². The zero-order valence-electron chi connectivity index (χ0n) is 11.5. The van der Waals surface area contributed by atoms with Gasteiger partial charge in [0.1, 0.15) is 5.75 Å². The number of aromatic nitrogens is 4. The van der Waals surface area contributed by atoms with Crippen molar-refractivity contribution in [3.05, 3.63) is 36.9 Å². The third kappa shape index (κ3) is 2.09. The third-order valence-electron chi connectivity index (χ3n) is 3.40. The number of hydrogen-bond donors (Lipinski definition) is 1. The summed E-state index contributed by atoms with van der Waals surface area (Å²) >= 11 is 0. The molecule has 1 aromatic carbocycles. The van der Waals surface area contributed by atoms with Crippen molar-refractivity contribution in [1.82, 2.24) is 19.1 Å². The van der Waals surface area contributed by atoms with Gasteiger partial charge in [-0.1, -0.05) is 0 Å². The molecular formula is C14H17N5O. The molecule has 6 heteroatoms. The summed E-state index contributed by atoms with van der Waals surface area (Å²) in [5.74, 6) is 1.30. The molecule has 0 amide bonds. The van der Waals surface area contributed by atoms with E-state index in [1.165, 1.54) is 0 Å². The second-order valence-corrected chi connectivity index (χ2v) is 4.80. The van der Waals surface area contributed by atoms with Crippen molar-refractivity contribution in [2.45, 2.75) is 19.5 Å². The Morgan fingerprint density at radius 3 is 2.95 bits per heavy atom. The summed E-state index contributed by atoms with van der Waals surface area (Å²) in [5, 5.41) is 0. The van der Waals surface area contributed by atoms with Crippen LogP contribution in [0.15, 0.2) is 36.9 Å². The highest BCUT2D eigenvalue weighted by Crippen LogP contribution is 2.26. The molecule has 0 aliphatic carbocycles. The number of benzene rings is 1. The minimum Gasteiger partial charge on any atom is -0.497 e. The summed E-state index contributed by atoms with van der Waals surface area (Å²) < 4.78 is 9.28. The Hall–Kier alpha value is -2.50. The molecule has 20 heavy (non-hydrogen) atoms. The Kier molecular flexibility index (Phi) is 3.06. The normalized spacial score (nSPS) is 12.7. The van der Waals surface area contributed by atoms with Crippen molar-refractivity contribution >= 4 is 17.0 Å². The molecule has 0 radical (unpaired) electrons. The van der Waals surface area contributed by atoms with Crippen LogP contribution in [0.25, 0.3) is 11.0 Å². The van der Waals surface area contributed by atoms with Gasteiger partial charge in [-0.3, -0.25) is 0 Å². The number of imidazole rings is 2. The minimum atomic E-state index is 0.183. The zero-order valence-corrected chi connectivity index (χ0v) is 11.5. The smallest absolute Gasteiger partial charge is 0.201 e. The van der Waals surface area contributed by atoms with Gasteiger partial charge in [-0.25, -0.2) is 9.97 Å². The summed E-state index contributed by atoms with van der Waals surface area (Å²) in [5.41, 5.74) is 7.92. The molecule has 1 atom stereocenters. The predicted octanol–water partition coefficient (Wildman–Crippen LogP) is 2.08. The summed E-state index contributed by atoms with van der Waals surface area (Å²) in [4.78, 5) is 8.46. The van der Waals surface area contributed by atoms with Gasteiger partial charge in [-0.2, -0.15) is 0 Å². The van der Waals surface area contributed by atoms with Crippen LogP contribution in [0.2, 0.25) is 0 Å². The van der Waals surface area contributed by atoms with Gasteiger partial charge in [0.2, 0.25) is 5.95 Å². The van der Waals surface area contributed by atoms with E-state index in [1.807, 2.05) is 33.5 Å². The van der Waals surface area contributed by atoms with Crippen molar-refractivity contribution in [3.63, 3.8) is 0 Å². The van der Waals surface area contributed by atoms with Crippen LogP contribution in [0.1, 0.15) is 13.0 Å². The first kappa shape index (κ1) is 12.5. The van der Waals surface area contributed by atoms with Gasteiger partial charge in [0, 0.05) is 25.0 Å². The average Bonchev–Trinajstić information content (AvgIpc) is 3.03. The second kappa shape index (κ2) is 4.88. The van der Waals surface area contributed by atoms with Gasteiger partial charge in [-0.05, 0) is 19.1 Å². The molecule has 0 aliphatic rings. The zero-order chi connectivity index (χ0) is 14.1. The van der Waals surface area contributed by atoms with Crippen molar-refractivity contribution in [2.75, 3.05) is 12.8 Å². The van der Waals surface area contributed by atoms with E-state index in [-0.39, 0.29) is 6.04 Å². The van der Waals surface area contributed by atoms with E-state index in [9.17, 15) is 0 Å². The largest absolute Gasteiger partial charge is 0.497 e. The first-order valence-electron chi connectivity index (χ1n) is 6.46. The Morgan fingerprint density at radius 2 is 2.25 bits per heavy atom. The van der Waals surface area contributed by atoms with Crippen LogP contribution >= 0.6 is 0 Å². The van der Waals surface area contributed by atoms with Gasteiger partial charge in [0.05, 0.1) is 30.5 Å². The van der Waals surface area contributed by atoms with E-state index < -0.39 is 0 Å². The fourth-order valence-corrected chi connectivity index (χ4v) is 2.47. The molecule has 6 nitrogen and oxygen atoms in total. The summed E-state index contributed by atoms with van der Waals surface area (Å²) in [6, 6.07) is 5.99. The Bertz CT molecular complexity index is 717. The molecular weight excluding hydrogens is 254 g/mol. The summed E-state index contributed by atoms with van der Waals surface area (Å²) in [7, 11) is 1.64. The first-order chi connectivity index (χ1) is 9.69. The summed E-state index contributed by atoms with van der Waals surface area (Å²) in [6.07, 6.45) is 5.51. The number of rotatable bonds is 4. The van der Waals surface area contributed by atoms with Crippen LogP contribution in [-0.4, -0.2) is 26.2 Å². The van der Waals surface area contributed by atoms with Crippen LogP contribution in [0.3, 0.4) is 0 Å². The van der Waals surface area contributed by atoms with E-state index in [0.29, 0.717) is 5.95 Å². The third-order valence-corrected chi connectivity index (χ3v) is 3.40. The van der Waals surface area contributed by atoms with E-state index in [0.717, 1.165) is 23.3 Å². The number of nitrogens with two attached hydrogens (primary N) is 1. The average molecular weight is 271 g/mol. The molecule has 0 saturated heterocycles. The van der Waals surface area contributed by atoms with Crippen molar-refractivity contribution in [3.8, 4) is 5.75 Å². The number of nitrogen functional groups attached to an aromatic ring is 1. The lowest BCUT2D eigenvalue weighted by Crippen LogP contribution is -2.14. The Morgan fingerprint density at radius 1 is 1.40 bits per heavy atom. The lowest BCUT2D eigenvalue weighted by atomic mass is 10.2. The van der Waals surface area contributed by atoms with Crippen LogP contribution in [0.4, 0.5) is 5.95 Å². The van der Waals surface area contributed by atoms with Crippen LogP contribution in [-0.2, 0) is 6.54 Å². The van der Waals surface area contributed by atoms with Gasteiger partial charge in [0.25, 0.3) is 0 Å². The maximum Gasteiger partial charge on any atom is 0.201 e. The Labute approximate surface area is 116 Å². The van der Waals surface area contributed by atoms with Crippen LogP contribution in [0.5, 0.6) is 5.75 Å². The maximum absolute atomic E-state index is 6.06. The molecule has 0 spiro atoms. The highest BCUT2D eigenvalue weighted by atomic mass is 16.5. The highest BCUT2D eigenvalue weighted by Gasteiger charge is 2.14. The predicted molar refractivity (Wildman–Crippen MR) is 77.6 cm³/mol. The molecule has 3 rings (SSSR count). The van der Waals surface area contributed by atoms with E-state index in [1.54, 1.807) is 19.6 Å². The van der Waals surface area contributed by atoms with Crippen molar-refractivity contribution in [1.29, 1.82) is 0 Å². The van der Waals surface area contributed by atoms with E-state index in [2.05, 4.69) is 16.9 Å². The molecule has 2 heterocycles. The molecule has 0 aliphatic heterocycles. The van der Waals surface area contributed by atoms with Gasteiger partial charge >= 0.3 is 0 Å². The number of methoxy groups -OCH3 is 1. The SMILES string of the molecule is COc1ccc2c(c1)nc(N)n2C(C)Cn1ccnc1. The number of ether oxygens (including phenoxy) is 1. The molecule has 104 valence electrons. The standard InChI is InChI=1S/C14H17N5O/c1-10(8-18-6-5-16-9-18)19-13-4-3-11(20-2)7-12(13)17-14(19)15/h3-7,9-10H,8H2,1-2H3,(H2,15,17). The first-order valence-corrected chi connectivity index (χ1v) is 6.46. The second-order valence-electron chi connectivity index (χ2n) is 4.80. The van der Waals surface area contributed by atoms with Crippen LogP contribution < -0.4 is 10.5 Å². The van der Waals surface area contributed by atoms with Crippen molar-refractivity contribution < 1.29 is 4.74 Å². The molecule has 3 aromatic rings. The number of nitrogens with zero attached hydrogens (tertiary/aromatic N) is 4. The fourth-order valence-electron chi connectivity index (χ4n) is 2.47. The fraction of sp³-hybridized carbons (Fsp3) is 0.286. The molecule has 0 bridgehead atoms. The highest BCUT2D eigenvalue weighted by molar-refractivity contribution is 5.80. The van der Waals surface area contributed by atoms with Crippen molar-refractivity contribution in [2.24, 2.45) is 0 Å². The lowest BCUT2D eigenvalue weighted by Gasteiger charge is -2.16. The van der Waals surface area contributed by atoms with Gasteiger partial charge in [-0.15, -0.1) is 0 Å². The number of fused-ring (bicyclic) bond motifs is 1. The topological polar surface area (TPSA) is 70.9 Å². The number of hydrogen-bond acceptors (Lipinski definition) is 4. The van der Waals surface area contributed by atoms with Crippen LogP contribution in [0, 0.1) is 0 Å². The molecule has 0 fully saturated rings. The Balaban J connectivity index is 2.00. The molecule has 0 saturated carbocycles.